The van der Waals surface area contributed by atoms with Crippen LogP contribution in [0.5, 0.6) is 0 Å². The minimum atomic E-state index is 0.954. The number of nitrogens with zero attached hydrogens (tertiary/aromatic N) is 2. The van der Waals surface area contributed by atoms with Gasteiger partial charge in [0.2, 0.25) is 0 Å². The van der Waals surface area contributed by atoms with E-state index in [0.717, 1.165) is 26.3 Å². The Hall–Kier alpha value is -2.78. The van der Waals surface area contributed by atoms with Crippen LogP contribution in [0, 0.1) is 0 Å². The zero-order valence-electron chi connectivity index (χ0n) is 13.3. The Morgan fingerprint density at radius 3 is 2.00 bits per heavy atom. The van der Waals surface area contributed by atoms with Gasteiger partial charge in [-0.25, -0.2) is 0 Å². The average Bonchev–Trinajstić information content (AvgIpc) is 2.68. The van der Waals surface area contributed by atoms with E-state index in [-0.39, 0.29) is 0 Å². The molecular weight excluding hydrogens is 372 g/mol. The maximum atomic E-state index is 4.61. The number of hydrogen-bond donors (Lipinski definition) is 0. The first-order valence-electron chi connectivity index (χ1n) is 8.13. The highest BCUT2D eigenvalue weighted by molar-refractivity contribution is 9.10. The van der Waals surface area contributed by atoms with Gasteiger partial charge in [-0.3, -0.25) is 9.97 Å². The summed E-state index contributed by atoms with van der Waals surface area (Å²) in [5.41, 5.74) is 4.29. The van der Waals surface area contributed by atoms with Gasteiger partial charge >= 0.3 is 0 Å². The lowest BCUT2D eigenvalue weighted by atomic mass is 9.95. The molecule has 0 N–H and O–H groups in total. The summed E-state index contributed by atoms with van der Waals surface area (Å²) in [6, 6.07) is 23.3. The molecule has 5 rings (SSSR count). The van der Waals surface area contributed by atoms with Crippen molar-refractivity contribution < 1.29 is 0 Å². The zero-order chi connectivity index (χ0) is 16.8. The second-order valence-corrected chi connectivity index (χ2v) is 6.89. The van der Waals surface area contributed by atoms with E-state index in [4.69, 9.17) is 0 Å². The van der Waals surface area contributed by atoms with E-state index in [1.54, 1.807) is 12.4 Å². The molecule has 0 unspecified atom stereocenters. The fourth-order valence-corrected chi connectivity index (χ4v) is 4.01. The van der Waals surface area contributed by atoms with Gasteiger partial charge in [-0.1, -0.05) is 70.5 Å². The number of rotatable bonds is 1. The number of hydrogen-bond acceptors (Lipinski definition) is 2. The fourth-order valence-electron chi connectivity index (χ4n) is 3.49. The highest BCUT2D eigenvalue weighted by atomic mass is 79.9. The second-order valence-electron chi connectivity index (χ2n) is 6.04. The minimum Gasteiger partial charge on any atom is -0.252 e. The third kappa shape index (κ3) is 2.24. The van der Waals surface area contributed by atoms with Crippen LogP contribution in [-0.4, -0.2) is 9.97 Å². The monoisotopic (exact) mass is 384 g/mol. The molecule has 25 heavy (non-hydrogen) atoms. The molecule has 0 saturated heterocycles. The van der Waals surface area contributed by atoms with Crippen molar-refractivity contribution in [2.24, 2.45) is 0 Å². The molecule has 1 heterocycles. The zero-order valence-corrected chi connectivity index (χ0v) is 14.9. The van der Waals surface area contributed by atoms with Gasteiger partial charge < -0.3 is 0 Å². The topological polar surface area (TPSA) is 25.8 Å². The lowest BCUT2D eigenvalue weighted by Gasteiger charge is -2.11. The first kappa shape index (κ1) is 14.6. The second kappa shape index (κ2) is 5.64. The van der Waals surface area contributed by atoms with Crippen LogP contribution in [0.2, 0.25) is 0 Å². The molecule has 1 aromatic heterocycles. The van der Waals surface area contributed by atoms with Crippen molar-refractivity contribution in [3.05, 3.63) is 83.6 Å². The molecule has 5 aromatic rings. The van der Waals surface area contributed by atoms with Crippen LogP contribution in [0.3, 0.4) is 0 Å². The van der Waals surface area contributed by atoms with Gasteiger partial charge in [-0.05, 0) is 34.0 Å². The van der Waals surface area contributed by atoms with Gasteiger partial charge in [-0.2, -0.15) is 0 Å². The predicted octanol–water partition coefficient (Wildman–Crippen LogP) is 6.37. The van der Waals surface area contributed by atoms with E-state index in [1.807, 2.05) is 6.07 Å². The molecule has 3 heteroatoms. The van der Waals surface area contributed by atoms with Gasteiger partial charge in [0.1, 0.15) is 0 Å². The quantitative estimate of drug-likeness (QED) is 0.314. The van der Waals surface area contributed by atoms with Crippen molar-refractivity contribution in [3.63, 3.8) is 0 Å². The van der Waals surface area contributed by atoms with Crippen LogP contribution in [0.1, 0.15) is 0 Å². The molecule has 0 aliphatic rings. The van der Waals surface area contributed by atoms with E-state index in [9.17, 15) is 0 Å². The van der Waals surface area contributed by atoms with Gasteiger partial charge in [0, 0.05) is 27.6 Å². The summed E-state index contributed by atoms with van der Waals surface area (Å²) in [5.74, 6) is 0. The van der Waals surface area contributed by atoms with Gasteiger partial charge in [0.05, 0.1) is 11.0 Å². The van der Waals surface area contributed by atoms with Crippen LogP contribution in [0.4, 0.5) is 0 Å². The largest absolute Gasteiger partial charge is 0.252 e. The normalized spacial score (nSPS) is 11.4. The molecule has 0 amide bonds. The van der Waals surface area contributed by atoms with Crippen molar-refractivity contribution in [2.45, 2.75) is 0 Å². The number of benzene rings is 4. The Bertz CT molecular complexity index is 1230. The molecule has 118 valence electrons. The van der Waals surface area contributed by atoms with Crippen LogP contribution < -0.4 is 0 Å². The van der Waals surface area contributed by atoms with E-state index < -0.39 is 0 Å². The van der Waals surface area contributed by atoms with Crippen LogP contribution in [0.15, 0.2) is 83.6 Å². The van der Waals surface area contributed by atoms with Crippen LogP contribution in [0.25, 0.3) is 43.7 Å². The van der Waals surface area contributed by atoms with Crippen molar-refractivity contribution in [1.29, 1.82) is 0 Å². The lowest BCUT2D eigenvalue weighted by Crippen LogP contribution is -1.89. The van der Waals surface area contributed by atoms with Gasteiger partial charge in [0.15, 0.2) is 0 Å². The molecule has 0 bridgehead atoms. The summed E-state index contributed by atoms with van der Waals surface area (Å²) in [6.07, 6.45) is 3.52. The third-order valence-corrected chi connectivity index (χ3v) is 5.32. The summed E-state index contributed by atoms with van der Waals surface area (Å²) in [5, 5.41) is 4.69. The molecule has 0 saturated carbocycles. The Morgan fingerprint density at radius 1 is 0.600 bits per heavy atom. The Morgan fingerprint density at radius 2 is 1.24 bits per heavy atom. The molecule has 4 aromatic carbocycles. The Balaban J connectivity index is 1.96. The standard InChI is InChI=1S/C22H13BrN2/c23-20-8-4-3-5-15(20)14-9-10-18-19(13-14)16-6-1-2-7-17(16)21-22(18)25-12-11-24-21/h1-13H. The van der Waals surface area contributed by atoms with Gasteiger partial charge in [0.25, 0.3) is 0 Å². The smallest absolute Gasteiger partial charge is 0.0971 e. The highest BCUT2D eigenvalue weighted by Gasteiger charge is 2.11. The third-order valence-electron chi connectivity index (χ3n) is 4.63. The van der Waals surface area contributed by atoms with Crippen molar-refractivity contribution >= 4 is 48.5 Å². The Kier molecular flexibility index (Phi) is 3.28. The molecule has 0 atom stereocenters. The molecular formula is C22H13BrN2. The van der Waals surface area contributed by atoms with Gasteiger partial charge in [-0.15, -0.1) is 0 Å². The molecule has 2 nitrogen and oxygen atoms in total. The van der Waals surface area contributed by atoms with Crippen LogP contribution in [-0.2, 0) is 0 Å². The predicted molar refractivity (Wildman–Crippen MR) is 108 cm³/mol. The van der Waals surface area contributed by atoms with E-state index >= 15 is 0 Å². The highest BCUT2D eigenvalue weighted by Crippen LogP contribution is 2.36. The number of halogens is 1. The SMILES string of the molecule is Brc1ccccc1-c1ccc2c(c1)c1ccccc1c1nccnc21. The molecule has 0 radical (unpaired) electrons. The molecule has 0 spiro atoms. The van der Waals surface area contributed by atoms with Crippen molar-refractivity contribution in [2.75, 3.05) is 0 Å². The molecule has 0 fully saturated rings. The first-order valence-corrected chi connectivity index (χ1v) is 8.92. The van der Waals surface area contributed by atoms with Crippen LogP contribution >= 0.6 is 15.9 Å². The van der Waals surface area contributed by atoms with Crippen molar-refractivity contribution in [3.8, 4) is 11.1 Å². The molecule has 0 aliphatic heterocycles. The lowest BCUT2D eigenvalue weighted by molar-refractivity contribution is 1.31. The minimum absolute atomic E-state index is 0.954. The fraction of sp³-hybridized carbons (Fsp3) is 0. The van der Waals surface area contributed by atoms with Crippen molar-refractivity contribution in [1.82, 2.24) is 9.97 Å². The Labute approximate surface area is 153 Å². The summed E-state index contributed by atoms with van der Waals surface area (Å²) < 4.78 is 1.10. The summed E-state index contributed by atoms with van der Waals surface area (Å²) >= 11 is 3.66. The number of fused-ring (bicyclic) bond motifs is 6. The molecule has 0 aliphatic carbocycles. The summed E-state index contributed by atoms with van der Waals surface area (Å²) in [7, 11) is 0. The maximum Gasteiger partial charge on any atom is 0.0971 e. The number of aromatic nitrogens is 2. The average molecular weight is 385 g/mol. The van der Waals surface area contributed by atoms with E-state index in [0.29, 0.717) is 0 Å². The summed E-state index contributed by atoms with van der Waals surface area (Å²) in [4.78, 5) is 9.19. The van der Waals surface area contributed by atoms with E-state index in [1.165, 1.54) is 21.9 Å². The maximum absolute atomic E-state index is 4.61. The summed E-state index contributed by atoms with van der Waals surface area (Å²) in [6.45, 7) is 0. The van der Waals surface area contributed by atoms with E-state index in [2.05, 4.69) is 86.6 Å². The first-order chi connectivity index (χ1) is 12.3.